The number of carbonyl (C=O) groups excluding carboxylic acids is 1. The van der Waals surface area contributed by atoms with Gasteiger partial charge in [0, 0.05) is 25.1 Å². The van der Waals surface area contributed by atoms with E-state index in [1.807, 2.05) is 4.90 Å². The maximum atomic E-state index is 12.6. The van der Waals surface area contributed by atoms with Crippen LogP contribution in [0, 0.1) is 5.92 Å². The molecule has 0 radical (unpaired) electrons. The van der Waals surface area contributed by atoms with E-state index in [2.05, 4.69) is 0 Å². The van der Waals surface area contributed by atoms with Crippen molar-refractivity contribution in [2.75, 3.05) is 13.2 Å². The van der Waals surface area contributed by atoms with E-state index in [0.29, 0.717) is 5.92 Å². The molecule has 1 amide bonds. The predicted octanol–water partition coefficient (Wildman–Crippen LogP) is 1.71. The summed E-state index contributed by atoms with van der Waals surface area (Å²) in [5, 5.41) is 10.1. The lowest BCUT2D eigenvalue weighted by molar-refractivity contribution is -0.147. The van der Waals surface area contributed by atoms with Gasteiger partial charge >= 0.3 is 0 Å². The minimum absolute atomic E-state index is 0.182. The topological polar surface area (TPSA) is 49.8 Å². The summed E-state index contributed by atoms with van der Waals surface area (Å²) in [5.74, 6) is 0.479. The molecule has 3 rings (SSSR count). The molecule has 3 fully saturated rings. The zero-order valence-electron chi connectivity index (χ0n) is 11.6. The highest BCUT2D eigenvalue weighted by atomic mass is 16.5. The highest BCUT2D eigenvalue weighted by Crippen LogP contribution is 2.36. The highest BCUT2D eigenvalue weighted by molar-refractivity contribution is 5.81. The number of carbonyl (C=O) groups is 1. The quantitative estimate of drug-likeness (QED) is 0.828. The van der Waals surface area contributed by atoms with E-state index in [-0.39, 0.29) is 24.2 Å². The molecule has 0 aromatic rings. The fourth-order valence-corrected chi connectivity index (χ4v) is 4.05. The van der Waals surface area contributed by atoms with Gasteiger partial charge in [-0.2, -0.15) is 0 Å². The normalized spacial score (nSPS) is 39.7. The first-order valence-corrected chi connectivity index (χ1v) is 7.87. The summed E-state index contributed by atoms with van der Waals surface area (Å²) >= 11 is 0. The fourth-order valence-electron chi connectivity index (χ4n) is 4.05. The van der Waals surface area contributed by atoms with Crippen LogP contribution in [0.15, 0.2) is 0 Å². The summed E-state index contributed by atoms with van der Waals surface area (Å²) in [4.78, 5) is 14.6. The van der Waals surface area contributed by atoms with Crippen LogP contribution in [-0.2, 0) is 9.53 Å². The average Bonchev–Trinajstić information content (AvgIpc) is 3.09. The standard InChI is InChI=1S/C15H25NO3/c17-13-7-3-5-11(13)12-6-1-2-9-16(12)15(18)14-8-4-10-19-14/h11-14,17H,1-10H2. The van der Waals surface area contributed by atoms with Gasteiger partial charge < -0.3 is 14.7 Å². The van der Waals surface area contributed by atoms with E-state index in [4.69, 9.17) is 4.74 Å². The summed E-state index contributed by atoms with van der Waals surface area (Å²) in [5.41, 5.74) is 0. The minimum atomic E-state index is -0.209. The van der Waals surface area contributed by atoms with Crippen molar-refractivity contribution in [3.05, 3.63) is 0 Å². The van der Waals surface area contributed by atoms with Crippen LogP contribution in [-0.4, -0.2) is 47.3 Å². The van der Waals surface area contributed by atoms with Gasteiger partial charge in [0.2, 0.25) is 0 Å². The predicted molar refractivity (Wildman–Crippen MR) is 71.7 cm³/mol. The number of ether oxygens (including phenoxy) is 1. The Morgan fingerprint density at radius 2 is 1.95 bits per heavy atom. The van der Waals surface area contributed by atoms with Crippen LogP contribution >= 0.6 is 0 Å². The zero-order valence-corrected chi connectivity index (χ0v) is 11.6. The SMILES string of the molecule is O=C(C1CCCO1)N1CCCCC1C1CCCC1O. The Hall–Kier alpha value is -0.610. The lowest BCUT2D eigenvalue weighted by Crippen LogP contribution is -2.52. The monoisotopic (exact) mass is 267 g/mol. The first-order chi connectivity index (χ1) is 9.27. The molecular weight excluding hydrogens is 242 g/mol. The lowest BCUT2D eigenvalue weighted by Gasteiger charge is -2.41. The summed E-state index contributed by atoms with van der Waals surface area (Å²) in [6.45, 7) is 1.58. The second-order valence-electron chi connectivity index (χ2n) is 6.26. The van der Waals surface area contributed by atoms with Crippen molar-refractivity contribution >= 4 is 5.91 Å². The van der Waals surface area contributed by atoms with E-state index in [0.717, 1.165) is 58.1 Å². The Kier molecular flexibility index (Phi) is 4.08. The molecule has 2 aliphatic heterocycles. The highest BCUT2D eigenvalue weighted by Gasteiger charge is 2.41. The van der Waals surface area contributed by atoms with Crippen molar-refractivity contribution in [2.24, 2.45) is 5.92 Å². The molecule has 1 saturated carbocycles. The summed E-state index contributed by atoms with van der Waals surface area (Å²) in [6, 6.07) is 0.253. The minimum Gasteiger partial charge on any atom is -0.393 e. The van der Waals surface area contributed by atoms with Crippen molar-refractivity contribution in [1.29, 1.82) is 0 Å². The number of rotatable bonds is 2. The number of hydrogen-bond donors (Lipinski definition) is 1. The van der Waals surface area contributed by atoms with Gasteiger partial charge in [-0.1, -0.05) is 6.42 Å². The van der Waals surface area contributed by atoms with E-state index in [9.17, 15) is 9.90 Å². The van der Waals surface area contributed by atoms with Crippen molar-refractivity contribution in [3.8, 4) is 0 Å². The molecular formula is C15H25NO3. The molecule has 0 aromatic heterocycles. The zero-order chi connectivity index (χ0) is 13.2. The van der Waals surface area contributed by atoms with Crippen molar-refractivity contribution in [1.82, 2.24) is 4.90 Å². The number of likely N-dealkylation sites (tertiary alicyclic amines) is 1. The molecule has 1 aliphatic carbocycles. The number of piperidine rings is 1. The Morgan fingerprint density at radius 3 is 2.63 bits per heavy atom. The molecule has 4 atom stereocenters. The van der Waals surface area contributed by atoms with Crippen molar-refractivity contribution in [3.63, 3.8) is 0 Å². The third kappa shape index (κ3) is 2.65. The second kappa shape index (κ2) is 5.80. The van der Waals surface area contributed by atoms with Crippen LogP contribution in [0.2, 0.25) is 0 Å². The summed E-state index contributed by atoms with van der Waals surface area (Å²) in [6.07, 6.45) is 7.87. The maximum Gasteiger partial charge on any atom is 0.251 e. The van der Waals surface area contributed by atoms with Crippen LogP contribution in [0.25, 0.3) is 0 Å². The van der Waals surface area contributed by atoms with Gasteiger partial charge in [-0.25, -0.2) is 0 Å². The third-order valence-corrected chi connectivity index (χ3v) is 5.06. The molecule has 108 valence electrons. The van der Waals surface area contributed by atoms with E-state index in [1.165, 1.54) is 6.42 Å². The van der Waals surface area contributed by atoms with Gasteiger partial charge in [0.1, 0.15) is 6.10 Å². The Labute approximate surface area is 115 Å². The number of hydrogen-bond acceptors (Lipinski definition) is 3. The molecule has 0 spiro atoms. The average molecular weight is 267 g/mol. The van der Waals surface area contributed by atoms with Crippen molar-refractivity contribution in [2.45, 2.75) is 69.6 Å². The Morgan fingerprint density at radius 1 is 1.05 bits per heavy atom. The van der Waals surface area contributed by atoms with Crippen LogP contribution in [0.5, 0.6) is 0 Å². The van der Waals surface area contributed by atoms with Gasteiger partial charge in [0.15, 0.2) is 0 Å². The van der Waals surface area contributed by atoms with Crippen LogP contribution in [0.3, 0.4) is 0 Å². The fraction of sp³-hybridized carbons (Fsp3) is 0.933. The van der Waals surface area contributed by atoms with Gasteiger partial charge in [-0.3, -0.25) is 4.79 Å². The van der Waals surface area contributed by atoms with Crippen LogP contribution in [0.1, 0.15) is 51.4 Å². The maximum absolute atomic E-state index is 12.6. The van der Waals surface area contributed by atoms with Crippen LogP contribution < -0.4 is 0 Å². The molecule has 2 saturated heterocycles. The Bertz CT molecular complexity index is 327. The number of aliphatic hydroxyl groups excluding tert-OH is 1. The molecule has 19 heavy (non-hydrogen) atoms. The van der Waals surface area contributed by atoms with Gasteiger partial charge in [-0.15, -0.1) is 0 Å². The first-order valence-electron chi connectivity index (χ1n) is 7.87. The van der Waals surface area contributed by atoms with Crippen LogP contribution in [0.4, 0.5) is 0 Å². The molecule has 1 N–H and O–H groups in total. The first kappa shape index (κ1) is 13.4. The largest absolute Gasteiger partial charge is 0.393 e. The van der Waals surface area contributed by atoms with Gasteiger partial charge in [-0.05, 0) is 44.9 Å². The molecule has 0 bridgehead atoms. The molecule has 0 aromatic carbocycles. The molecule has 4 heteroatoms. The molecule has 4 nitrogen and oxygen atoms in total. The molecule has 4 unspecified atom stereocenters. The van der Waals surface area contributed by atoms with E-state index >= 15 is 0 Å². The molecule has 2 heterocycles. The smallest absolute Gasteiger partial charge is 0.251 e. The number of nitrogens with zero attached hydrogens (tertiary/aromatic N) is 1. The van der Waals surface area contributed by atoms with Crippen molar-refractivity contribution < 1.29 is 14.6 Å². The third-order valence-electron chi connectivity index (χ3n) is 5.06. The summed E-state index contributed by atoms with van der Waals surface area (Å²) in [7, 11) is 0. The summed E-state index contributed by atoms with van der Waals surface area (Å²) < 4.78 is 5.55. The number of aliphatic hydroxyl groups is 1. The van der Waals surface area contributed by atoms with Gasteiger partial charge in [0.25, 0.3) is 5.91 Å². The number of amides is 1. The van der Waals surface area contributed by atoms with E-state index in [1.54, 1.807) is 0 Å². The lowest BCUT2D eigenvalue weighted by atomic mass is 9.87. The molecule has 3 aliphatic rings. The van der Waals surface area contributed by atoms with E-state index < -0.39 is 0 Å². The second-order valence-corrected chi connectivity index (χ2v) is 6.26. The Balaban J connectivity index is 1.71. The van der Waals surface area contributed by atoms with Gasteiger partial charge in [0.05, 0.1) is 6.10 Å².